The summed E-state index contributed by atoms with van der Waals surface area (Å²) < 4.78 is 27.3. The lowest BCUT2D eigenvalue weighted by Gasteiger charge is -2.21. The summed E-state index contributed by atoms with van der Waals surface area (Å²) in [6.07, 6.45) is 1.30. The number of methoxy groups -OCH3 is 5. The molecule has 0 radical (unpaired) electrons. The van der Waals surface area contributed by atoms with Crippen molar-refractivity contribution in [2.45, 2.75) is 13.3 Å². The predicted octanol–water partition coefficient (Wildman–Crippen LogP) is 3.44. The first-order chi connectivity index (χ1) is 12.6. The number of hydrogen-bond donors (Lipinski definition) is 0. The molecule has 0 saturated heterocycles. The standard InChI is InChI=1S/C20H24O6/c1-12-15(10-13-7-8-16(22-2)14(9-13)11-21)18(24-4)20(26-6)19(25-5)17(12)23-3/h7-9,11H,10H2,1-6H3. The number of carbonyl (C=O) groups is 1. The second kappa shape index (κ2) is 8.47. The quantitative estimate of drug-likeness (QED) is 0.672. The van der Waals surface area contributed by atoms with Crippen LogP contribution < -0.4 is 23.7 Å². The summed E-state index contributed by atoms with van der Waals surface area (Å²) in [5, 5.41) is 0. The third-order valence-corrected chi connectivity index (χ3v) is 4.30. The van der Waals surface area contributed by atoms with Crippen molar-refractivity contribution in [1.29, 1.82) is 0 Å². The maximum absolute atomic E-state index is 11.3. The second-order valence-corrected chi connectivity index (χ2v) is 5.61. The summed E-state index contributed by atoms with van der Waals surface area (Å²) in [5.41, 5.74) is 3.20. The minimum absolute atomic E-state index is 0.469. The zero-order valence-corrected chi connectivity index (χ0v) is 16.0. The summed E-state index contributed by atoms with van der Waals surface area (Å²) in [6, 6.07) is 5.49. The third kappa shape index (κ3) is 3.40. The minimum Gasteiger partial charge on any atom is -0.496 e. The molecular weight excluding hydrogens is 336 g/mol. The van der Waals surface area contributed by atoms with Crippen LogP contribution in [0.15, 0.2) is 18.2 Å². The van der Waals surface area contributed by atoms with Gasteiger partial charge in [0.2, 0.25) is 11.5 Å². The van der Waals surface area contributed by atoms with E-state index in [0.717, 1.165) is 23.0 Å². The Morgan fingerprint density at radius 3 is 1.88 bits per heavy atom. The highest BCUT2D eigenvalue weighted by molar-refractivity contribution is 5.79. The Labute approximate surface area is 153 Å². The molecule has 0 bridgehead atoms. The molecular formula is C20H24O6. The van der Waals surface area contributed by atoms with Gasteiger partial charge in [-0.2, -0.15) is 0 Å². The average molecular weight is 360 g/mol. The topological polar surface area (TPSA) is 63.2 Å². The fourth-order valence-corrected chi connectivity index (χ4v) is 3.06. The lowest BCUT2D eigenvalue weighted by molar-refractivity contribution is 0.112. The van der Waals surface area contributed by atoms with Crippen LogP contribution in [0.5, 0.6) is 28.7 Å². The molecule has 0 aliphatic rings. The van der Waals surface area contributed by atoms with Crippen LogP contribution in [0.2, 0.25) is 0 Å². The lowest BCUT2D eigenvalue weighted by atomic mass is 9.96. The van der Waals surface area contributed by atoms with Gasteiger partial charge in [0.15, 0.2) is 17.8 Å². The van der Waals surface area contributed by atoms with E-state index < -0.39 is 0 Å². The summed E-state index contributed by atoms with van der Waals surface area (Å²) in [4.78, 5) is 11.3. The van der Waals surface area contributed by atoms with Gasteiger partial charge in [0.25, 0.3) is 0 Å². The second-order valence-electron chi connectivity index (χ2n) is 5.61. The zero-order chi connectivity index (χ0) is 19.3. The highest BCUT2D eigenvalue weighted by atomic mass is 16.5. The van der Waals surface area contributed by atoms with Gasteiger partial charge in [0.1, 0.15) is 5.75 Å². The van der Waals surface area contributed by atoms with E-state index in [-0.39, 0.29) is 0 Å². The van der Waals surface area contributed by atoms with Gasteiger partial charge < -0.3 is 23.7 Å². The molecule has 0 atom stereocenters. The Balaban J connectivity index is 2.64. The van der Waals surface area contributed by atoms with E-state index >= 15 is 0 Å². The Morgan fingerprint density at radius 1 is 0.808 bits per heavy atom. The number of aldehydes is 1. The first kappa shape index (κ1) is 19.4. The van der Waals surface area contributed by atoms with Crippen LogP contribution in [0, 0.1) is 6.92 Å². The normalized spacial score (nSPS) is 10.2. The minimum atomic E-state index is 0.469. The van der Waals surface area contributed by atoms with Crippen molar-refractivity contribution in [3.63, 3.8) is 0 Å². The average Bonchev–Trinajstić information content (AvgIpc) is 2.68. The number of benzene rings is 2. The summed E-state index contributed by atoms with van der Waals surface area (Å²) in [6.45, 7) is 1.93. The Morgan fingerprint density at radius 2 is 1.38 bits per heavy atom. The van der Waals surface area contributed by atoms with Crippen LogP contribution >= 0.6 is 0 Å². The van der Waals surface area contributed by atoms with E-state index in [1.807, 2.05) is 13.0 Å². The molecule has 2 aromatic rings. The fourth-order valence-electron chi connectivity index (χ4n) is 3.06. The van der Waals surface area contributed by atoms with Crippen molar-refractivity contribution in [2.24, 2.45) is 0 Å². The zero-order valence-electron chi connectivity index (χ0n) is 16.0. The van der Waals surface area contributed by atoms with Crippen LogP contribution in [-0.4, -0.2) is 41.8 Å². The van der Waals surface area contributed by atoms with Crippen LogP contribution in [0.1, 0.15) is 27.0 Å². The molecule has 2 aromatic carbocycles. The third-order valence-electron chi connectivity index (χ3n) is 4.30. The molecule has 0 aromatic heterocycles. The number of rotatable bonds is 8. The highest BCUT2D eigenvalue weighted by Gasteiger charge is 2.25. The summed E-state index contributed by atoms with van der Waals surface area (Å²) in [7, 11) is 7.81. The van der Waals surface area contributed by atoms with Gasteiger partial charge >= 0.3 is 0 Å². The Bertz CT molecular complexity index is 798. The van der Waals surface area contributed by atoms with Gasteiger partial charge in [-0.3, -0.25) is 4.79 Å². The van der Waals surface area contributed by atoms with Crippen molar-refractivity contribution < 1.29 is 28.5 Å². The van der Waals surface area contributed by atoms with Crippen molar-refractivity contribution >= 4 is 6.29 Å². The molecule has 140 valence electrons. The maximum Gasteiger partial charge on any atom is 0.207 e. The number of hydrogen-bond acceptors (Lipinski definition) is 6. The lowest BCUT2D eigenvalue weighted by Crippen LogP contribution is -2.05. The molecule has 0 aliphatic carbocycles. The summed E-state index contributed by atoms with van der Waals surface area (Å²) >= 11 is 0. The molecule has 6 heteroatoms. The Hall–Kier alpha value is -2.89. The van der Waals surface area contributed by atoms with Crippen molar-refractivity contribution in [1.82, 2.24) is 0 Å². The van der Waals surface area contributed by atoms with Crippen LogP contribution in [0.4, 0.5) is 0 Å². The first-order valence-electron chi connectivity index (χ1n) is 8.03. The van der Waals surface area contributed by atoms with Gasteiger partial charge in [-0.05, 0) is 24.6 Å². The van der Waals surface area contributed by atoms with Gasteiger partial charge in [-0.1, -0.05) is 6.07 Å². The molecule has 0 fully saturated rings. The molecule has 26 heavy (non-hydrogen) atoms. The molecule has 0 spiro atoms. The number of carbonyl (C=O) groups excluding carboxylic acids is 1. The molecule has 0 heterocycles. The molecule has 0 N–H and O–H groups in total. The van der Waals surface area contributed by atoms with Crippen molar-refractivity contribution in [3.05, 3.63) is 40.5 Å². The Kier molecular flexibility index (Phi) is 6.33. The van der Waals surface area contributed by atoms with E-state index in [1.165, 1.54) is 7.11 Å². The molecule has 0 amide bonds. The monoisotopic (exact) mass is 360 g/mol. The van der Waals surface area contributed by atoms with Crippen LogP contribution in [0.3, 0.4) is 0 Å². The van der Waals surface area contributed by atoms with E-state index in [0.29, 0.717) is 40.7 Å². The predicted molar refractivity (Wildman–Crippen MR) is 98.6 cm³/mol. The summed E-state index contributed by atoms with van der Waals surface area (Å²) in [5.74, 6) is 2.65. The molecule has 0 unspecified atom stereocenters. The van der Waals surface area contributed by atoms with Crippen molar-refractivity contribution in [3.8, 4) is 28.7 Å². The number of ether oxygens (including phenoxy) is 5. The van der Waals surface area contributed by atoms with E-state index in [4.69, 9.17) is 23.7 Å². The molecule has 6 nitrogen and oxygen atoms in total. The van der Waals surface area contributed by atoms with Crippen LogP contribution in [-0.2, 0) is 6.42 Å². The fraction of sp³-hybridized carbons (Fsp3) is 0.350. The SMILES string of the molecule is COc1ccc(Cc2c(C)c(OC)c(OC)c(OC)c2OC)cc1C=O. The highest BCUT2D eigenvalue weighted by Crippen LogP contribution is 2.49. The van der Waals surface area contributed by atoms with Gasteiger partial charge in [0.05, 0.1) is 41.1 Å². The largest absolute Gasteiger partial charge is 0.496 e. The van der Waals surface area contributed by atoms with Gasteiger partial charge in [0, 0.05) is 17.5 Å². The molecule has 2 rings (SSSR count). The maximum atomic E-state index is 11.3. The van der Waals surface area contributed by atoms with Crippen molar-refractivity contribution in [2.75, 3.05) is 35.5 Å². The van der Waals surface area contributed by atoms with Gasteiger partial charge in [-0.15, -0.1) is 0 Å². The molecule has 0 aliphatic heterocycles. The van der Waals surface area contributed by atoms with E-state index in [1.54, 1.807) is 40.6 Å². The van der Waals surface area contributed by atoms with Crippen LogP contribution in [0.25, 0.3) is 0 Å². The smallest absolute Gasteiger partial charge is 0.207 e. The van der Waals surface area contributed by atoms with E-state index in [2.05, 4.69) is 0 Å². The molecule has 0 saturated carbocycles. The first-order valence-corrected chi connectivity index (χ1v) is 8.03. The van der Waals surface area contributed by atoms with E-state index in [9.17, 15) is 4.79 Å². The van der Waals surface area contributed by atoms with Gasteiger partial charge in [-0.25, -0.2) is 0 Å².